The molecule has 0 aromatic heterocycles. The van der Waals surface area contributed by atoms with Crippen LogP contribution in [-0.2, 0) is 9.59 Å². The Labute approximate surface area is 75.6 Å². The van der Waals surface area contributed by atoms with E-state index in [-0.39, 0.29) is 23.7 Å². The first-order chi connectivity index (χ1) is 5.74. The van der Waals surface area contributed by atoms with Gasteiger partial charge in [0.15, 0.2) is 0 Å². The molecule has 1 aliphatic heterocycles. The number of piperidine rings is 1. The number of alkyl halides is 1. The number of hydrogen-bond acceptors (Lipinski definition) is 2. The Kier molecular flexibility index (Phi) is 3.34. The van der Waals surface area contributed by atoms with E-state index in [1.165, 1.54) is 0 Å². The molecule has 1 heterocycles. The highest BCUT2D eigenvalue weighted by molar-refractivity contribution is 6.27. The van der Waals surface area contributed by atoms with Crippen LogP contribution in [0, 0.1) is 0 Å². The van der Waals surface area contributed by atoms with Gasteiger partial charge in [0.25, 0.3) is 0 Å². The molecule has 12 heavy (non-hydrogen) atoms. The van der Waals surface area contributed by atoms with Crippen molar-refractivity contribution in [2.75, 3.05) is 12.4 Å². The predicted molar refractivity (Wildman–Crippen MR) is 44.9 cm³/mol. The molecule has 68 valence electrons. The minimum absolute atomic E-state index is 0.0935. The van der Waals surface area contributed by atoms with Crippen molar-refractivity contribution in [2.24, 2.45) is 0 Å². The molecule has 0 spiro atoms. The van der Waals surface area contributed by atoms with E-state index in [0.29, 0.717) is 13.0 Å². The van der Waals surface area contributed by atoms with Crippen molar-refractivity contribution in [2.45, 2.75) is 18.9 Å². The standard InChI is InChI=1S/C7H11ClN2O2/c8-4-6(11)10-5-2-1-3-9-7(5)12/h5H,1-4H2,(H,9,12)(H,10,11). The maximum Gasteiger partial charge on any atom is 0.242 e. The van der Waals surface area contributed by atoms with E-state index in [1.807, 2.05) is 0 Å². The van der Waals surface area contributed by atoms with Crippen molar-refractivity contribution in [3.8, 4) is 0 Å². The lowest BCUT2D eigenvalue weighted by Crippen LogP contribution is -2.50. The summed E-state index contributed by atoms with van der Waals surface area (Å²) in [6.07, 6.45) is 1.60. The van der Waals surface area contributed by atoms with Gasteiger partial charge in [-0.15, -0.1) is 11.6 Å². The summed E-state index contributed by atoms with van der Waals surface area (Å²) < 4.78 is 0. The molecule has 0 radical (unpaired) electrons. The Morgan fingerprint density at radius 2 is 2.50 bits per heavy atom. The Balaban J connectivity index is 2.39. The number of rotatable bonds is 2. The second kappa shape index (κ2) is 4.30. The van der Waals surface area contributed by atoms with Gasteiger partial charge in [-0.25, -0.2) is 0 Å². The number of carbonyl (C=O) groups is 2. The Bertz CT molecular complexity index is 196. The zero-order valence-corrected chi connectivity index (χ0v) is 7.36. The maximum atomic E-state index is 11.1. The summed E-state index contributed by atoms with van der Waals surface area (Å²) >= 11 is 5.28. The van der Waals surface area contributed by atoms with Gasteiger partial charge in [-0.2, -0.15) is 0 Å². The summed E-state index contributed by atoms with van der Waals surface area (Å²) in [6, 6.07) is -0.384. The Hall–Kier alpha value is -0.770. The maximum absolute atomic E-state index is 11.1. The van der Waals surface area contributed by atoms with Crippen molar-refractivity contribution in [1.82, 2.24) is 10.6 Å². The van der Waals surface area contributed by atoms with Crippen LogP contribution < -0.4 is 10.6 Å². The quantitative estimate of drug-likeness (QED) is 0.584. The van der Waals surface area contributed by atoms with Gasteiger partial charge in [0.05, 0.1) is 0 Å². The number of amides is 2. The fourth-order valence-electron chi connectivity index (χ4n) is 1.14. The lowest BCUT2D eigenvalue weighted by molar-refractivity contribution is -0.129. The lowest BCUT2D eigenvalue weighted by Gasteiger charge is -2.22. The summed E-state index contributed by atoms with van der Waals surface area (Å²) in [5.74, 6) is -0.498. The van der Waals surface area contributed by atoms with E-state index in [1.54, 1.807) is 0 Å². The molecule has 0 aliphatic carbocycles. The minimum Gasteiger partial charge on any atom is -0.354 e. The van der Waals surface area contributed by atoms with Gasteiger partial charge in [-0.3, -0.25) is 9.59 Å². The fraction of sp³-hybridized carbons (Fsp3) is 0.714. The van der Waals surface area contributed by atoms with Crippen molar-refractivity contribution in [1.29, 1.82) is 0 Å². The van der Waals surface area contributed by atoms with E-state index in [4.69, 9.17) is 11.6 Å². The highest BCUT2D eigenvalue weighted by Crippen LogP contribution is 2.02. The highest BCUT2D eigenvalue weighted by Gasteiger charge is 2.22. The van der Waals surface area contributed by atoms with Gasteiger partial charge >= 0.3 is 0 Å². The van der Waals surface area contributed by atoms with Crippen LogP contribution >= 0.6 is 11.6 Å². The van der Waals surface area contributed by atoms with Crippen molar-refractivity contribution in [3.05, 3.63) is 0 Å². The van der Waals surface area contributed by atoms with Crippen LogP contribution in [0.25, 0.3) is 0 Å². The van der Waals surface area contributed by atoms with Gasteiger partial charge in [0, 0.05) is 6.54 Å². The van der Waals surface area contributed by atoms with E-state index in [9.17, 15) is 9.59 Å². The zero-order valence-electron chi connectivity index (χ0n) is 6.60. The number of nitrogens with one attached hydrogen (secondary N) is 2. The summed E-state index contributed by atoms with van der Waals surface area (Å²) in [4.78, 5) is 21.9. The summed E-state index contributed by atoms with van der Waals surface area (Å²) in [7, 11) is 0. The van der Waals surface area contributed by atoms with E-state index < -0.39 is 0 Å². The first kappa shape index (κ1) is 9.32. The molecule has 1 fully saturated rings. The first-order valence-corrected chi connectivity index (χ1v) is 4.40. The topological polar surface area (TPSA) is 58.2 Å². The Morgan fingerprint density at radius 1 is 1.75 bits per heavy atom. The molecule has 2 amide bonds. The molecule has 2 N–H and O–H groups in total. The molecular formula is C7H11ClN2O2. The van der Waals surface area contributed by atoms with Crippen LogP contribution in [0.4, 0.5) is 0 Å². The van der Waals surface area contributed by atoms with Crippen molar-refractivity contribution < 1.29 is 9.59 Å². The van der Waals surface area contributed by atoms with Crippen LogP contribution in [0.2, 0.25) is 0 Å². The molecule has 5 heteroatoms. The zero-order chi connectivity index (χ0) is 8.97. The second-order valence-electron chi connectivity index (χ2n) is 2.69. The molecule has 1 rings (SSSR count). The molecule has 0 bridgehead atoms. The molecule has 1 aliphatic rings. The van der Waals surface area contributed by atoms with Crippen molar-refractivity contribution in [3.63, 3.8) is 0 Å². The van der Waals surface area contributed by atoms with E-state index in [2.05, 4.69) is 10.6 Å². The highest BCUT2D eigenvalue weighted by atomic mass is 35.5. The van der Waals surface area contributed by atoms with Gasteiger partial charge in [0.2, 0.25) is 11.8 Å². The second-order valence-corrected chi connectivity index (χ2v) is 2.95. The third-order valence-corrected chi connectivity index (χ3v) is 1.98. The smallest absolute Gasteiger partial charge is 0.242 e. The average molecular weight is 191 g/mol. The van der Waals surface area contributed by atoms with Gasteiger partial charge < -0.3 is 10.6 Å². The molecule has 1 unspecified atom stereocenters. The van der Waals surface area contributed by atoms with Gasteiger partial charge in [-0.05, 0) is 12.8 Å². The third kappa shape index (κ3) is 2.37. The first-order valence-electron chi connectivity index (χ1n) is 3.87. The predicted octanol–water partition coefficient (Wildman–Crippen LogP) is -0.380. The van der Waals surface area contributed by atoms with Crippen LogP contribution in [0.5, 0.6) is 0 Å². The largest absolute Gasteiger partial charge is 0.354 e. The molecule has 1 atom stereocenters. The molecular weight excluding hydrogens is 180 g/mol. The third-order valence-electron chi connectivity index (χ3n) is 1.74. The Morgan fingerprint density at radius 3 is 3.08 bits per heavy atom. The van der Waals surface area contributed by atoms with Crippen molar-refractivity contribution >= 4 is 23.4 Å². The minimum atomic E-state index is -0.384. The molecule has 4 nitrogen and oxygen atoms in total. The molecule has 0 saturated carbocycles. The number of carbonyl (C=O) groups excluding carboxylic acids is 2. The molecule has 0 aromatic rings. The SMILES string of the molecule is O=C(CCl)NC1CCCNC1=O. The summed E-state index contributed by atoms with van der Waals surface area (Å²) in [6.45, 7) is 0.700. The number of halogens is 1. The van der Waals surface area contributed by atoms with E-state index in [0.717, 1.165) is 6.42 Å². The van der Waals surface area contributed by atoms with Crippen LogP contribution in [0.1, 0.15) is 12.8 Å². The normalized spacial score (nSPS) is 23.1. The summed E-state index contributed by atoms with van der Waals surface area (Å²) in [5, 5.41) is 5.20. The molecule has 0 aromatic carbocycles. The monoisotopic (exact) mass is 190 g/mol. The fourth-order valence-corrected chi connectivity index (χ4v) is 1.22. The van der Waals surface area contributed by atoms with Crippen LogP contribution in [0.15, 0.2) is 0 Å². The lowest BCUT2D eigenvalue weighted by atomic mass is 10.1. The summed E-state index contributed by atoms with van der Waals surface area (Å²) in [5.41, 5.74) is 0. The van der Waals surface area contributed by atoms with Gasteiger partial charge in [0.1, 0.15) is 11.9 Å². The molecule has 1 saturated heterocycles. The van der Waals surface area contributed by atoms with E-state index >= 15 is 0 Å². The average Bonchev–Trinajstić information content (AvgIpc) is 2.09. The van der Waals surface area contributed by atoms with Gasteiger partial charge in [-0.1, -0.05) is 0 Å². The van der Waals surface area contributed by atoms with Crippen LogP contribution in [0.3, 0.4) is 0 Å². The van der Waals surface area contributed by atoms with Crippen LogP contribution in [-0.4, -0.2) is 30.3 Å². The number of hydrogen-bond donors (Lipinski definition) is 2.